The second-order valence-corrected chi connectivity index (χ2v) is 6.56. The zero-order chi connectivity index (χ0) is 17.8. The average molecular weight is 343 g/mol. The van der Waals surface area contributed by atoms with Crippen molar-refractivity contribution in [2.24, 2.45) is 0 Å². The zero-order valence-corrected chi connectivity index (χ0v) is 14.6. The van der Waals surface area contributed by atoms with Crippen LogP contribution in [-0.4, -0.2) is 15.7 Å². The lowest BCUT2D eigenvalue weighted by Crippen LogP contribution is -2.20. The van der Waals surface area contributed by atoms with E-state index >= 15 is 0 Å². The number of carbonyl (C=O) groups excluding carboxylic acids is 1. The Morgan fingerprint density at radius 2 is 1.96 bits per heavy atom. The topological polar surface area (TPSA) is 46.9 Å². The lowest BCUT2D eigenvalue weighted by Gasteiger charge is -2.05. The largest absolute Gasteiger partial charge is 0.348 e. The quantitative estimate of drug-likeness (QED) is 0.718. The van der Waals surface area contributed by atoms with Crippen LogP contribution in [0.1, 0.15) is 28.7 Å². The van der Waals surface area contributed by atoms with Crippen molar-refractivity contribution in [3.05, 3.63) is 89.3 Å². The van der Waals surface area contributed by atoms with Gasteiger partial charge in [0, 0.05) is 24.4 Å². The molecule has 0 saturated heterocycles. The normalized spacial score (nSPS) is 13.1. The molecule has 0 unspecified atom stereocenters. The first-order valence-electron chi connectivity index (χ1n) is 8.95. The Kier molecular flexibility index (Phi) is 4.65. The number of aromatic nitrogens is 2. The van der Waals surface area contributed by atoms with Gasteiger partial charge in [0.15, 0.2) is 0 Å². The Hall–Kier alpha value is -3.14. The fourth-order valence-corrected chi connectivity index (χ4v) is 3.30. The molecule has 1 aliphatic rings. The van der Waals surface area contributed by atoms with Gasteiger partial charge < -0.3 is 5.32 Å². The molecule has 1 aromatic heterocycles. The molecule has 4 rings (SSSR count). The van der Waals surface area contributed by atoms with Gasteiger partial charge in [-0.2, -0.15) is 5.10 Å². The van der Waals surface area contributed by atoms with Crippen LogP contribution in [0.15, 0.2) is 67.0 Å². The first-order valence-corrected chi connectivity index (χ1v) is 8.95. The summed E-state index contributed by atoms with van der Waals surface area (Å²) in [7, 11) is 0. The Bertz CT molecular complexity index is 941. The van der Waals surface area contributed by atoms with E-state index in [1.807, 2.05) is 36.5 Å². The number of nitrogens with one attached hydrogen (secondary N) is 1. The number of hydrogen-bond donors (Lipinski definition) is 1. The highest BCUT2D eigenvalue weighted by atomic mass is 16.1. The molecule has 4 heteroatoms. The molecule has 130 valence electrons. The van der Waals surface area contributed by atoms with Gasteiger partial charge in [-0.1, -0.05) is 36.4 Å². The van der Waals surface area contributed by atoms with Crippen molar-refractivity contribution < 1.29 is 4.79 Å². The number of nitrogens with zero attached hydrogens (tertiary/aromatic N) is 2. The molecule has 1 aliphatic carbocycles. The number of hydrogen-bond acceptors (Lipinski definition) is 2. The van der Waals surface area contributed by atoms with Gasteiger partial charge >= 0.3 is 0 Å². The van der Waals surface area contributed by atoms with E-state index in [-0.39, 0.29) is 5.91 Å². The molecule has 0 bridgehead atoms. The van der Waals surface area contributed by atoms with E-state index in [4.69, 9.17) is 0 Å². The van der Waals surface area contributed by atoms with Crippen molar-refractivity contribution in [3.63, 3.8) is 0 Å². The highest BCUT2D eigenvalue weighted by Gasteiger charge is 2.10. The monoisotopic (exact) mass is 343 g/mol. The SMILES string of the molecule is O=C(/C=C/c1cnn(-c2ccccc2)c1)NCc1ccc2c(c1)CCC2. The number of amides is 1. The van der Waals surface area contributed by atoms with E-state index < -0.39 is 0 Å². The molecule has 1 heterocycles. The molecule has 1 N–H and O–H groups in total. The summed E-state index contributed by atoms with van der Waals surface area (Å²) in [6.07, 6.45) is 10.6. The fourth-order valence-electron chi connectivity index (χ4n) is 3.30. The van der Waals surface area contributed by atoms with Gasteiger partial charge in [0.05, 0.1) is 11.9 Å². The van der Waals surface area contributed by atoms with Crippen LogP contribution in [0.25, 0.3) is 11.8 Å². The summed E-state index contributed by atoms with van der Waals surface area (Å²) in [6.45, 7) is 0.555. The van der Waals surface area contributed by atoms with Crippen LogP contribution < -0.4 is 5.32 Å². The molecule has 2 aromatic carbocycles. The van der Waals surface area contributed by atoms with Crippen LogP contribution in [0, 0.1) is 0 Å². The molecule has 0 atom stereocenters. The second kappa shape index (κ2) is 7.40. The summed E-state index contributed by atoms with van der Waals surface area (Å²) in [5.41, 5.74) is 5.93. The van der Waals surface area contributed by atoms with E-state index in [9.17, 15) is 4.79 Å². The number of para-hydroxylation sites is 1. The maximum Gasteiger partial charge on any atom is 0.244 e. The van der Waals surface area contributed by atoms with Gasteiger partial charge in [-0.05, 0) is 54.2 Å². The van der Waals surface area contributed by atoms with Crippen molar-refractivity contribution in [2.45, 2.75) is 25.8 Å². The third-order valence-electron chi connectivity index (χ3n) is 4.68. The van der Waals surface area contributed by atoms with Gasteiger partial charge in [-0.3, -0.25) is 4.79 Å². The molecular weight excluding hydrogens is 322 g/mol. The highest BCUT2D eigenvalue weighted by Crippen LogP contribution is 2.22. The molecular formula is C22H21N3O. The third kappa shape index (κ3) is 3.75. The van der Waals surface area contributed by atoms with Crippen molar-refractivity contribution >= 4 is 12.0 Å². The van der Waals surface area contributed by atoms with Crippen molar-refractivity contribution in [1.29, 1.82) is 0 Å². The second-order valence-electron chi connectivity index (χ2n) is 6.56. The number of carbonyl (C=O) groups is 1. The van der Waals surface area contributed by atoms with E-state index in [0.717, 1.165) is 23.2 Å². The first-order chi connectivity index (χ1) is 12.8. The predicted octanol–water partition coefficient (Wildman–Crippen LogP) is 3.69. The van der Waals surface area contributed by atoms with Gasteiger partial charge in [0.1, 0.15) is 0 Å². The summed E-state index contributed by atoms with van der Waals surface area (Å²) in [4.78, 5) is 12.1. The van der Waals surface area contributed by atoms with Gasteiger partial charge in [0.25, 0.3) is 0 Å². The molecule has 0 fully saturated rings. The van der Waals surface area contributed by atoms with E-state index in [0.29, 0.717) is 6.54 Å². The maximum atomic E-state index is 12.1. The summed E-state index contributed by atoms with van der Waals surface area (Å²) in [6, 6.07) is 16.4. The third-order valence-corrected chi connectivity index (χ3v) is 4.68. The number of aryl methyl sites for hydroxylation is 2. The Morgan fingerprint density at radius 1 is 1.12 bits per heavy atom. The Labute approximate surface area is 153 Å². The minimum absolute atomic E-state index is 0.0991. The van der Waals surface area contributed by atoms with Crippen LogP contribution in [0.2, 0.25) is 0 Å². The summed E-state index contributed by atoms with van der Waals surface area (Å²) < 4.78 is 1.79. The lowest BCUT2D eigenvalue weighted by atomic mass is 10.1. The smallest absolute Gasteiger partial charge is 0.244 e. The van der Waals surface area contributed by atoms with Crippen LogP contribution in [0.3, 0.4) is 0 Å². The zero-order valence-electron chi connectivity index (χ0n) is 14.6. The average Bonchev–Trinajstić information content (AvgIpc) is 3.34. The van der Waals surface area contributed by atoms with Gasteiger partial charge in [-0.15, -0.1) is 0 Å². The Morgan fingerprint density at radius 3 is 2.85 bits per heavy atom. The van der Waals surface area contributed by atoms with Gasteiger partial charge in [-0.25, -0.2) is 4.68 Å². The predicted molar refractivity (Wildman–Crippen MR) is 103 cm³/mol. The minimum Gasteiger partial charge on any atom is -0.348 e. The lowest BCUT2D eigenvalue weighted by molar-refractivity contribution is -0.116. The molecule has 4 nitrogen and oxygen atoms in total. The summed E-state index contributed by atoms with van der Waals surface area (Å²) >= 11 is 0. The van der Waals surface area contributed by atoms with E-state index in [2.05, 4.69) is 28.6 Å². The van der Waals surface area contributed by atoms with Crippen LogP contribution in [0.5, 0.6) is 0 Å². The van der Waals surface area contributed by atoms with Gasteiger partial charge in [0.2, 0.25) is 5.91 Å². The Balaban J connectivity index is 1.34. The van der Waals surface area contributed by atoms with Crippen LogP contribution in [0.4, 0.5) is 0 Å². The summed E-state index contributed by atoms with van der Waals surface area (Å²) in [5, 5.41) is 7.27. The number of rotatable bonds is 5. The number of fused-ring (bicyclic) bond motifs is 1. The van der Waals surface area contributed by atoms with Crippen molar-refractivity contribution in [1.82, 2.24) is 15.1 Å². The van der Waals surface area contributed by atoms with E-state index in [1.165, 1.54) is 24.0 Å². The molecule has 0 aliphatic heterocycles. The molecule has 26 heavy (non-hydrogen) atoms. The molecule has 3 aromatic rings. The highest BCUT2D eigenvalue weighted by molar-refractivity contribution is 5.91. The van der Waals surface area contributed by atoms with Crippen LogP contribution >= 0.6 is 0 Å². The molecule has 1 amide bonds. The standard InChI is InChI=1S/C22H21N3O/c26-22(23-14-17-9-11-19-5-4-6-20(19)13-17)12-10-18-15-24-25(16-18)21-7-2-1-3-8-21/h1-3,7-13,15-16H,4-6,14H2,(H,23,26)/b12-10+. The fraction of sp³-hybridized carbons (Fsp3) is 0.182. The van der Waals surface area contributed by atoms with Crippen molar-refractivity contribution in [2.75, 3.05) is 0 Å². The molecule has 0 radical (unpaired) electrons. The van der Waals surface area contributed by atoms with E-state index in [1.54, 1.807) is 23.0 Å². The first kappa shape index (κ1) is 16.3. The van der Waals surface area contributed by atoms with Crippen LogP contribution in [-0.2, 0) is 24.2 Å². The summed E-state index contributed by atoms with van der Waals surface area (Å²) in [5.74, 6) is -0.0991. The minimum atomic E-state index is -0.0991. The molecule has 0 saturated carbocycles. The number of benzene rings is 2. The maximum absolute atomic E-state index is 12.1. The van der Waals surface area contributed by atoms with Crippen molar-refractivity contribution in [3.8, 4) is 5.69 Å². The molecule has 0 spiro atoms.